The van der Waals surface area contributed by atoms with E-state index in [1.54, 1.807) is 6.33 Å². The minimum absolute atomic E-state index is 1.01. The third kappa shape index (κ3) is 2.23. The second-order valence-electron chi connectivity index (χ2n) is 2.16. The summed E-state index contributed by atoms with van der Waals surface area (Å²) in [5, 5.41) is 3.23. The van der Waals surface area contributed by atoms with Crippen molar-refractivity contribution in [2.45, 2.75) is 6.42 Å². The minimum Gasteiger partial charge on any atom is -0.351 e. The van der Waals surface area contributed by atoms with Crippen LogP contribution < -0.4 is 5.32 Å². The third-order valence-electron chi connectivity index (χ3n) is 1.36. The Kier molecular flexibility index (Phi) is 3.02. The Hall–Kier alpha value is -0.765. The highest BCUT2D eigenvalue weighted by molar-refractivity contribution is 6.08. The van der Waals surface area contributed by atoms with Gasteiger partial charge in [-0.2, -0.15) is 0 Å². The summed E-state index contributed by atoms with van der Waals surface area (Å²) < 4.78 is 0. The fourth-order valence-electron chi connectivity index (χ4n) is 0.821. The van der Waals surface area contributed by atoms with Crippen molar-refractivity contribution in [3.05, 3.63) is 18.2 Å². The van der Waals surface area contributed by atoms with Crippen molar-refractivity contribution in [1.82, 2.24) is 15.3 Å². The van der Waals surface area contributed by atoms with Crippen LogP contribution in [0.2, 0.25) is 0 Å². The molecule has 0 unspecified atom stereocenters. The number of nitrogens with one attached hydrogen (secondary N) is 2. The van der Waals surface area contributed by atoms with E-state index in [1.165, 1.54) is 0 Å². The van der Waals surface area contributed by atoms with E-state index in [0.717, 1.165) is 25.1 Å². The normalized spacial score (nSPS) is 10.0. The smallest absolute Gasteiger partial charge is 0.119 e. The zero-order valence-electron chi connectivity index (χ0n) is 6.22. The van der Waals surface area contributed by atoms with Crippen LogP contribution in [0.4, 0.5) is 0 Å². The van der Waals surface area contributed by atoms with E-state index in [9.17, 15) is 0 Å². The van der Waals surface area contributed by atoms with Gasteiger partial charge in [-0.3, -0.25) is 0 Å². The van der Waals surface area contributed by atoms with Crippen molar-refractivity contribution >= 4 is 7.85 Å². The molecule has 0 saturated heterocycles. The molecule has 54 valence electrons. The van der Waals surface area contributed by atoms with Crippen LogP contribution in [-0.4, -0.2) is 30.8 Å². The third-order valence-corrected chi connectivity index (χ3v) is 1.36. The van der Waals surface area contributed by atoms with E-state index < -0.39 is 0 Å². The van der Waals surface area contributed by atoms with Crippen molar-refractivity contribution in [2.75, 3.05) is 13.0 Å². The maximum Gasteiger partial charge on any atom is 0.119 e. The lowest BCUT2D eigenvalue weighted by Crippen LogP contribution is -2.18. The molecule has 1 rings (SSSR count). The van der Waals surface area contributed by atoms with E-state index in [4.69, 9.17) is 0 Å². The van der Waals surface area contributed by atoms with Gasteiger partial charge >= 0.3 is 0 Å². The van der Waals surface area contributed by atoms with Crippen LogP contribution in [0.3, 0.4) is 0 Å². The van der Waals surface area contributed by atoms with Gasteiger partial charge in [-0.05, 0) is 13.0 Å². The second-order valence-corrected chi connectivity index (χ2v) is 2.16. The molecule has 1 heterocycles. The summed E-state index contributed by atoms with van der Waals surface area (Å²) in [6.07, 6.45) is 5.68. The Labute approximate surface area is 61.7 Å². The van der Waals surface area contributed by atoms with Crippen LogP contribution in [0, 0.1) is 0 Å². The molecule has 0 radical (unpaired) electrons. The molecule has 2 N–H and O–H groups in total. The summed E-state index contributed by atoms with van der Waals surface area (Å²) in [4.78, 5) is 7.01. The number of hydrogen-bond acceptors (Lipinski definition) is 2. The zero-order chi connectivity index (χ0) is 7.23. The summed E-state index contributed by atoms with van der Waals surface area (Å²) in [6, 6.07) is 0. The van der Waals surface area contributed by atoms with E-state index in [2.05, 4.69) is 23.1 Å². The number of rotatable bonds is 4. The van der Waals surface area contributed by atoms with Gasteiger partial charge in [0.15, 0.2) is 0 Å². The first-order valence-corrected chi connectivity index (χ1v) is 3.62. The Morgan fingerprint density at radius 1 is 1.70 bits per heavy atom. The molecule has 1 aromatic heterocycles. The van der Waals surface area contributed by atoms with Gasteiger partial charge in [0.1, 0.15) is 7.85 Å². The lowest BCUT2D eigenvalue weighted by Gasteiger charge is -1.96. The molecule has 0 saturated carbocycles. The number of imidazole rings is 1. The van der Waals surface area contributed by atoms with Gasteiger partial charge in [0.2, 0.25) is 0 Å². The molecule has 3 nitrogen and oxygen atoms in total. The van der Waals surface area contributed by atoms with Crippen molar-refractivity contribution in [1.29, 1.82) is 0 Å². The molecule has 0 aliphatic heterocycles. The zero-order valence-corrected chi connectivity index (χ0v) is 6.22. The summed E-state index contributed by atoms with van der Waals surface area (Å²) in [7, 11) is 2.10. The molecule has 0 spiro atoms. The number of nitrogens with zero attached hydrogens (tertiary/aromatic N) is 1. The molecular weight excluding hydrogens is 125 g/mol. The van der Waals surface area contributed by atoms with Gasteiger partial charge in [0.25, 0.3) is 0 Å². The van der Waals surface area contributed by atoms with Crippen molar-refractivity contribution in [3.63, 3.8) is 0 Å². The number of H-pyrrole nitrogens is 1. The molecule has 4 heteroatoms. The SMILES string of the molecule is BCNCCc1c[nH]cn1. The minimum atomic E-state index is 1.01. The molecule has 0 aliphatic rings. The fourth-order valence-corrected chi connectivity index (χ4v) is 0.821. The number of aromatic amines is 1. The molecule has 0 fully saturated rings. The molecular formula is C6H12BN3. The standard InChI is InChI=1S/C6H12BN3/c7-4-8-2-1-6-3-9-5-10-6/h3,5,8H,1-2,4,7H2,(H,9,10). The van der Waals surface area contributed by atoms with E-state index in [0.29, 0.717) is 0 Å². The molecule has 10 heavy (non-hydrogen) atoms. The summed E-state index contributed by atoms with van der Waals surface area (Å²) >= 11 is 0. The maximum atomic E-state index is 4.09. The first-order valence-electron chi connectivity index (χ1n) is 3.62. The van der Waals surface area contributed by atoms with Gasteiger partial charge in [-0.15, -0.1) is 0 Å². The lowest BCUT2D eigenvalue weighted by molar-refractivity contribution is 0.760. The lowest BCUT2D eigenvalue weighted by atomic mass is 10.1. The Morgan fingerprint density at radius 3 is 3.20 bits per heavy atom. The average molecular weight is 137 g/mol. The Bertz CT molecular complexity index is 162. The quantitative estimate of drug-likeness (QED) is 0.418. The Morgan fingerprint density at radius 2 is 2.60 bits per heavy atom. The highest BCUT2D eigenvalue weighted by Crippen LogP contribution is 1.89. The van der Waals surface area contributed by atoms with Crippen LogP contribution in [0.5, 0.6) is 0 Å². The van der Waals surface area contributed by atoms with Crippen LogP contribution in [0.15, 0.2) is 12.5 Å². The molecule has 0 bridgehead atoms. The predicted octanol–water partition coefficient (Wildman–Crippen LogP) is -0.868. The van der Waals surface area contributed by atoms with Gasteiger partial charge in [-0.25, -0.2) is 4.98 Å². The molecule has 0 atom stereocenters. The highest BCUT2D eigenvalue weighted by Gasteiger charge is 1.91. The average Bonchev–Trinajstić information content (AvgIpc) is 2.41. The predicted molar refractivity (Wildman–Crippen MR) is 43.7 cm³/mol. The number of aromatic nitrogens is 2. The topological polar surface area (TPSA) is 40.7 Å². The Balaban J connectivity index is 2.15. The van der Waals surface area contributed by atoms with E-state index in [-0.39, 0.29) is 0 Å². The van der Waals surface area contributed by atoms with E-state index >= 15 is 0 Å². The molecule has 0 amide bonds. The second kappa shape index (κ2) is 4.11. The van der Waals surface area contributed by atoms with Gasteiger partial charge in [-0.1, -0.05) is 0 Å². The molecule has 0 aromatic carbocycles. The highest BCUT2D eigenvalue weighted by atomic mass is 14.9. The van der Waals surface area contributed by atoms with Gasteiger partial charge in [0, 0.05) is 12.6 Å². The maximum absolute atomic E-state index is 4.09. The molecule has 0 aliphatic carbocycles. The van der Waals surface area contributed by atoms with Crippen molar-refractivity contribution in [3.8, 4) is 0 Å². The summed E-state index contributed by atoms with van der Waals surface area (Å²) in [6.45, 7) is 1.02. The fraction of sp³-hybridized carbons (Fsp3) is 0.500. The molecule has 1 aromatic rings. The number of hydrogen-bond donors (Lipinski definition) is 2. The summed E-state index contributed by atoms with van der Waals surface area (Å²) in [5.41, 5.74) is 1.13. The largest absolute Gasteiger partial charge is 0.351 e. The summed E-state index contributed by atoms with van der Waals surface area (Å²) in [5.74, 6) is 0. The van der Waals surface area contributed by atoms with Gasteiger partial charge < -0.3 is 10.3 Å². The van der Waals surface area contributed by atoms with Crippen LogP contribution >= 0.6 is 0 Å². The monoisotopic (exact) mass is 137 g/mol. The van der Waals surface area contributed by atoms with Crippen LogP contribution in [-0.2, 0) is 6.42 Å². The van der Waals surface area contributed by atoms with Crippen molar-refractivity contribution < 1.29 is 0 Å². The first-order chi connectivity index (χ1) is 4.93. The first kappa shape index (κ1) is 7.34. The van der Waals surface area contributed by atoms with Gasteiger partial charge in [0.05, 0.1) is 12.0 Å². The van der Waals surface area contributed by atoms with E-state index in [1.807, 2.05) is 6.20 Å². The van der Waals surface area contributed by atoms with Crippen molar-refractivity contribution in [2.24, 2.45) is 0 Å². The van der Waals surface area contributed by atoms with Crippen LogP contribution in [0.25, 0.3) is 0 Å². The van der Waals surface area contributed by atoms with Crippen LogP contribution in [0.1, 0.15) is 5.69 Å².